The quantitative estimate of drug-likeness (QED) is 0.712. The largest absolute Gasteiger partial charge is 0.326 e. The first-order chi connectivity index (χ1) is 11.7. The van der Waals surface area contributed by atoms with Crippen molar-refractivity contribution in [2.45, 2.75) is 25.7 Å². The second-order valence-electron chi connectivity index (χ2n) is 6.58. The second kappa shape index (κ2) is 7.93. The molecule has 4 nitrogen and oxygen atoms in total. The third-order valence-electron chi connectivity index (χ3n) is 3.48. The summed E-state index contributed by atoms with van der Waals surface area (Å²) in [5, 5.41) is 6.06. The van der Waals surface area contributed by atoms with Gasteiger partial charge in [0.1, 0.15) is 0 Å². The Morgan fingerprint density at radius 1 is 1.00 bits per heavy atom. The summed E-state index contributed by atoms with van der Waals surface area (Å²) >= 11 is 7.68. The maximum atomic E-state index is 12.5. The van der Waals surface area contributed by atoms with E-state index in [2.05, 4.69) is 10.6 Å². The van der Waals surface area contributed by atoms with Gasteiger partial charge in [-0.3, -0.25) is 9.59 Å². The van der Waals surface area contributed by atoms with Crippen LogP contribution in [0.5, 0.6) is 0 Å². The van der Waals surface area contributed by atoms with Crippen molar-refractivity contribution in [2.75, 3.05) is 16.9 Å². The maximum Gasteiger partial charge on any atom is 0.257 e. The van der Waals surface area contributed by atoms with Crippen LogP contribution in [0.25, 0.3) is 0 Å². The number of hydrogen-bond acceptors (Lipinski definition) is 3. The normalized spacial score (nSPS) is 11.1. The number of nitrogens with one attached hydrogen (secondary N) is 2. The van der Waals surface area contributed by atoms with Crippen LogP contribution in [0.3, 0.4) is 0 Å². The summed E-state index contributed by atoms with van der Waals surface area (Å²) in [6.45, 7) is 5.53. The van der Waals surface area contributed by atoms with Crippen molar-refractivity contribution < 1.29 is 9.59 Å². The minimum atomic E-state index is -0.495. The summed E-state index contributed by atoms with van der Waals surface area (Å²) in [6.07, 6.45) is 1.94. The van der Waals surface area contributed by atoms with Gasteiger partial charge in [-0.1, -0.05) is 38.4 Å². The lowest BCUT2D eigenvalue weighted by Gasteiger charge is -2.18. The van der Waals surface area contributed by atoms with Crippen molar-refractivity contribution in [1.29, 1.82) is 0 Å². The fourth-order valence-corrected chi connectivity index (χ4v) is 2.64. The van der Waals surface area contributed by atoms with E-state index in [4.69, 9.17) is 11.6 Å². The zero-order valence-corrected chi connectivity index (χ0v) is 16.2. The highest BCUT2D eigenvalue weighted by Crippen LogP contribution is 2.25. The molecule has 6 heteroatoms. The maximum absolute atomic E-state index is 12.5. The summed E-state index contributed by atoms with van der Waals surface area (Å²) < 4.78 is 0. The van der Waals surface area contributed by atoms with Gasteiger partial charge in [-0.25, -0.2) is 0 Å². The van der Waals surface area contributed by atoms with Gasteiger partial charge in [-0.2, -0.15) is 0 Å². The van der Waals surface area contributed by atoms with Gasteiger partial charge in [-0.05, 0) is 42.7 Å². The molecule has 0 heterocycles. The summed E-state index contributed by atoms with van der Waals surface area (Å²) in [4.78, 5) is 25.5. The Hall–Kier alpha value is -1.98. The van der Waals surface area contributed by atoms with E-state index in [0.29, 0.717) is 22.0 Å². The predicted molar refractivity (Wildman–Crippen MR) is 106 cm³/mol. The van der Waals surface area contributed by atoms with Crippen LogP contribution in [-0.4, -0.2) is 18.1 Å². The van der Waals surface area contributed by atoms with Crippen molar-refractivity contribution in [3.63, 3.8) is 0 Å². The first kappa shape index (κ1) is 19.3. The van der Waals surface area contributed by atoms with E-state index in [0.717, 1.165) is 4.90 Å². The summed E-state index contributed by atoms with van der Waals surface area (Å²) in [5.41, 5.74) is 1.13. The van der Waals surface area contributed by atoms with Crippen molar-refractivity contribution in [1.82, 2.24) is 0 Å². The number of hydrogen-bond donors (Lipinski definition) is 2. The summed E-state index contributed by atoms with van der Waals surface area (Å²) in [6, 6.07) is 12.4. The van der Waals surface area contributed by atoms with E-state index >= 15 is 0 Å². The number of benzene rings is 2. The predicted octanol–water partition coefficient (Wildman–Crippen LogP) is 5.30. The van der Waals surface area contributed by atoms with Crippen molar-refractivity contribution >= 4 is 46.6 Å². The Labute approximate surface area is 157 Å². The van der Waals surface area contributed by atoms with E-state index in [-0.39, 0.29) is 11.8 Å². The highest BCUT2D eigenvalue weighted by molar-refractivity contribution is 7.98. The number of amides is 2. The molecule has 0 aliphatic carbocycles. The number of carbonyl (C=O) groups excluding carboxylic acids is 2. The van der Waals surface area contributed by atoms with E-state index in [1.807, 2.05) is 33.1 Å². The average molecular weight is 377 g/mol. The lowest BCUT2D eigenvalue weighted by Crippen LogP contribution is -2.27. The van der Waals surface area contributed by atoms with Crippen LogP contribution in [0.1, 0.15) is 31.1 Å². The Kier molecular flexibility index (Phi) is 6.14. The smallest absolute Gasteiger partial charge is 0.257 e. The molecular weight excluding hydrogens is 356 g/mol. The Bertz CT molecular complexity index is 800. The van der Waals surface area contributed by atoms with Crippen LogP contribution >= 0.6 is 23.4 Å². The Morgan fingerprint density at radius 2 is 1.64 bits per heavy atom. The lowest BCUT2D eigenvalue weighted by molar-refractivity contribution is -0.123. The average Bonchev–Trinajstić information content (AvgIpc) is 2.54. The summed E-state index contributed by atoms with van der Waals surface area (Å²) in [5.74, 6) is -0.383. The number of rotatable bonds is 4. The molecule has 0 aromatic heterocycles. The van der Waals surface area contributed by atoms with Gasteiger partial charge in [-0.15, -0.1) is 11.8 Å². The lowest BCUT2D eigenvalue weighted by atomic mass is 9.95. The SMILES string of the molecule is CSc1ccc(Cl)c(C(=O)Nc2cccc(NC(=O)C(C)(C)C)c2)c1. The molecule has 0 radical (unpaired) electrons. The molecule has 0 fully saturated rings. The van der Waals surface area contributed by atoms with Crippen LogP contribution in [0, 0.1) is 5.41 Å². The van der Waals surface area contributed by atoms with E-state index in [1.54, 1.807) is 48.2 Å². The van der Waals surface area contributed by atoms with Gasteiger partial charge in [0.15, 0.2) is 0 Å². The molecule has 0 atom stereocenters. The number of thioether (sulfide) groups is 1. The highest BCUT2D eigenvalue weighted by atomic mass is 35.5. The van der Waals surface area contributed by atoms with Crippen LogP contribution in [0.4, 0.5) is 11.4 Å². The zero-order valence-electron chi connectivity index (χ0n) is 14.6. The molecule has 2 N–H and O–H groups in total. The third-order valence-corrected chi connectivity index (χ3v) is 4.53. The third kappa shape index (κ3) is 5.25. The molecule has 2 amide bonds. The summed E-state index contributed by atoms with van der Waals surface area (Å²) in [7, 11) is 0. The van der Waals surface area contributed by atoms with Crippen molar-refractivity contribution in [3.8, 4) is 0 Å². The zero-order chi connectivity index (χ0) is 18.6. The van der Waals surface area contributed by atoms with Gasteiger partial charge in [0, 0.05) is 21.7 Å². The Morgan fingerprint density at radius 3 is 2.24 bits per heavy atom. The van der Waals surface area contributed by atoms with Gasteiger partial charge in [0.2, 0.25) is 5.91 Å². The van der Waals surface area contributed by atoms with E-state index in [1.165, 1.54) is 0 Å². The van der Waals surface area contributed by atoms with Crippen molar-refractivity contribution in [2.24, 2.45) is 5.41 Å². The second-order valence-corrected chi connectivity index (χ2v) is 7.87. The monoisotopic (exact) mass is 376 g/mol. The van der Waals surface area contributed by atoms with Crippen LogP contribution < -0.4 is 10.6 Å². The molecule has 0 spiro atoms. The molecule has 0 saturated heterocycles. The van der Waals surface area contributed by atoms with Gasteiger partial charge >= 0.3 is 0 Å². The van der Waals surface area contributed by atoms with Gasteiger partial charge < -0.3 is 10.6 Å². The Balaban J connectivity index is 2.17. The minimum Gasteiger partial charge on any atom is -0.326 e. The van der Waals surface area contributed by atoms with Gasteiger partial charge in [0.25, 0.3) is 5.91 Å². The molecule has 132 valence electrons. The topological polar surface area (TPSA) is 58.2 Å². The fourth-order valence-electron chi connectivity index (χ4n) is 2.00. The highest BCUT2D eigenvalue weighted by Gasteiger charge is 2.21. The first-order valence-electron chi connectivity index (χ1n) is 7.77. The van der Waals surface area contributed by atoms with E-state index in [9.17, 15) is 9.59 Å². The van der Waals surface area contributed by atoms with Crippen LogP contribution in [0.15, 0.2) is 47.4 Å². The number of halogens is 1. The molecule has 25 heavy (non-hydrogen) atoms. The molecule has 0 unspecified atom stereocenters. The van der Waals surface area contributed by atoms with Crippen molar-refractivity contribution in [3.05, 3.63) is 53.1 Å². The fraction of sp³-hybridized carbons (Fsp3) is 0.263. The molecule has 0 saturated carbocycles. The van der Waals surface area contributed by atoms with Crippen LogP contribution in [0.2, 0.25) is 5.02 Å². The molecule has 2 aromatic rings. The minimum absolute atomic E-state index is 0.0910. The molecule has 2 rings (SSSR count). The molecule has 0 bridgehead atoms. The molecule has 2 aromatic carbocycles. The molecule has 0 aliphatic heterocycles. The van der Waals surface area contributed by atoms with Gasteiger partial charge in [0.05, 0.1) is 10.6 Å². The van der Waals surface area contributed by atoms with E-state index < -0.39 is 5.41 Å². The number of anilines is 2. The van der Waals surface area contributed by atoms with Crippen LogP contribution in [-0.2, 0) is 4.79 Å². The molecule has 0 aliphatic rings. The molecular formula is C19H21ClN2O2S. The first-order valence-corrected chi connectivity index (χ1v) is 9.37. The number of carbonyl (C=O) groups is 2. The standard InChI is InChI=1S/C19H21ClN2O2S/c1-19(2,3)18(24)22-13-7-5-6-12(10-13)21-17(23)15-11-14(25-4)8-9-16(15)20/h5-11H,1-4H3,(H,21,23)(H,22,24).